The van der Waals surface area contributed by atoms with Gasteiger partial charge in [-0.2, -0.15) is 0 Å². The SMILES string of the molecule is CCCOC(=O)[C@@H](C)Oc1ccc(Oc2ccc(Br)cc2Cl)cc1. The Morgan fingerprint density at radius 2 is 1.83 bits per heavy atom. The van der Waals surface area contributed by atoms with E-state index in [1.165, 1.54) is 0 Å². The van der Waals surface area contributed by atoms with Crippen LogP contribution in [0.15, 0.2) is 46.9 Å². The molecule has 6 heteroatoms. The number of carbonyl (C=O) groups excluding carboxylic acids is 1. The summed E-state index contributed by atoms with van der Waals surface area (Å²) in [5.74, 6) is 1.36. The molecule has 0 aliphatic carbocycles. The Hall–Kier alpha value is -1.72. The van der Waals surface area contributed by atoms with Gasteiger partial charge in [0.15, 0.2) is 6.10 Å². The largest absolute Gasteiger partial charge is 0.479 e. The van der Waals surface area contributed by atoms with Gasteiger partial charge in [-0.1, -0.05) is 34.5 Å². The van der Waals surface area contributed by atoms with Crippen molar-refractivity contribution in [3.63, 3.8) is 0 Å². The van der Waals surface area contributed by atoms with E-state index in [2.05, 4.69) is 15.9 Å². The Bertz CT molecular complexity index is 688. The van der Waals surface area contributed by atoms with E-state index in [9.17, 15) is 4.79 Å². The third kappa shape index (κ3) is 5.42. The molecule has 0 saturated carbocycles. The van der Waals surface area contributed by atoms with E-state index in [4.69, 9.17) is 25.8 Å². The maximum atomic E-state index is 11.7. The van der Waals surface area contributed by atoms with Gasteiger partial charge >= 0.3 is 5.97 Å². The van der Waals surface area contributed by atoms with Crippen LogP contribution in [0.1, 0.15) is 20.3 Å². The lowest BCUT2D eigenvalue weighted by Gasteiger charge is -2.14. The van der Waals surface area contributed by atoms with Crippen molar-refractivity contribution in [2.24, 2.45) is 0 Å². The highest BCUT2D eigenvalue weighted by molar-refractivity contribution is 9.10. The summed E-state index contributed by atoms with van der Waals surface area (Å²) in [6, 6.07) is 12.3. The Balaban J connectivity index is 1.96. The average Bonchev–Trinajstić information content (AvgIpc) is 2.56. The van der Waals surface area contributed by atoms with Crippen LogP contribution in [0.3, 0.4) is 0 Å². The van der Waals surface area contributed by atoms with Crippen LogP contribution in [0.5, 0.6) is 17.2 Å². The smallest absolute Gasteiger partial charge is 0.347 e. The molecule has 0 amide bonds. The molecular weight excluding hydrogens is 396 g/mol. The number of esters is 1. The Labute approximate surface area is 154 Å². The predicted molar refractivity (Wildman–Crippen MR) is 97.0 cm³/mol. The zero-order valence-electron chi connectivity index (χ0n) is 13.4. The highest BCUT2D eigenvalue weighted by atomic mass is 79.9. The minimum atomic E-state index is -0.663. The molecule has 4 nitrogen and oxygen atoms in total. The van der Waals surface area contributed by atoms with Gasteiger partial charge in [-0.15, -0.1) is 0 Å². The van der Waals surface area contributed by atoms with Crippen molar-refractivity contribution < 1.29 is 19.0 Å². The second-order valence-corrected chi connectivity index (χ2v) is 6.40. The second-order valence-electron chi connectivity index (χ2n) is 5.08. The number of rotatable bonds is 7. The molecular formula is C18H18BrClO4. The van der Waals surface area contributed by atoms with Crippen LogP contribution in [0.2, 0.25) is 5.02 Å². The molecule has 0 bridgehead atoms. The maximum Gasteiger partial charge on any atom is 0.347 e. The first-order chi connectivity index (χ1) is 11.5. The molecule has 0 spiro atoms. The van der Waals surface area contributed by atoms with Gasteiger partial charge in [0.2, 0.25) is 0 Å². The summed E-state index contributed by atoms with van der Waals surface area (Å²) in [4.78, 5) is 11.7. The van der Waals surface area contributed by atoms with Crippen molar-refractivity contribution in [3.8, 4) is 17.2 Å². The van der Waals surface area contributed by atoms with Crippen LogP contribution in [0.4, 0.5) is 0 Å². The highest BCUT2D eigenvalue weighted by Gasteiger charge is 2.16. The van der Waals surface area contributed by atoms with Gasteiger partial charge < -0.3 is 14.2 Å². The van der Waals surface area contributed by atoms with E-state index in [0.29, 0.717) is 28.9 Å². The number of hydrogen-bond donors (Lipinski definition) is 0. The third-order valence-corrected chi connectivity index (χ3v) is 3.83. The lowest BCUT2D eigenvalue weighted by molar-refractivity contribution is -0.151. The van der Waals surface area contributed by atoms with Gasteiger partial charge in [0.05, 0.1) is 11.6 Å². The van der Waals surface area contributed by atoms with Crippen LogP contribution < -0.4 is 9.47 Å². The standard InChI is InChI=1S/C18H18BrClO4/c1-3-10-22-18(21)12(2)23-14-5-7-15(8-6-14)24-17-9-4-13(19)11-16(17)20/h4-9,11-12H,3,10H2,1-2H3/t12-/m1/s1. The molecule has 0 aromatic heterocycles. The Kier molecular flexibility index (Phi) is 6.94. The number of halogens is 2. The molecule has 0 saturated heterocycles. The minimum Gasteiger partial charge on any atom is -0.479 e. The summed E-state index contributed by atoms with van der Waals surface area (Å²) in [5, 5.41) is 0.511. The van der Waals surface area contributed by atoms with Crippen molar-refractivity contribution in [1.82, 2.24) is 0 Å². The lowest BCUT2D eigenvalue weighted by Crippen LogP contribution is -2.26. The molecule has 0 unspecified atom stereocenters. The zero-order valence-corrected chi connectivity index (χ0v) is 15.8. The number of benzene rings is 2. The monoisotopic (exact) mass is 412 g/mol. The zero-order chi connectivity index (χ0) is 17.5. The highest BCUT2D eigenvalue weighted by Crippen LogP contribution is 2.32. The first-order valence-electron chi connectivity index (χ1n) is 7.56. The number of carbonyl (C=O) groups is 1. The first kappa shape index (κ1) is 18.6. The van der Waals surface area contributed by atoms with E-state index in [1.54, 1.807) is 43.3 Å². The molecule has 2 aromatic rings. The summed E-state index contributed by atoms with van der Waals surface area (Å²) in [7, 11) is 0. The topological polar surface area (TPSA) is 44.8 Å². The summed E-state index contributed by atoms with van der Waals surface area (Å²) < 4.78 is 17.2. The molecule has 2 rings (SSSR count). The van der Waals surface area contributed by atoms with Crippen molar-refractivity contribution >= 4 is 33.5 Å². The third-order valence-electron chi connectivity index (χ3n) is 3.04. The van der Waals surface area contributed by atoms with Crippen LogP contribution >= 0.6 is 27.5 Å². The summed E-state index contributed by atoms with van der Waals surface area (Å²) in [6.45, 7) is 3.99. The molecule has 0 heterocycles. The van der Waals surface area contributed by atoms with Crippen LogP contribution in [0.25, 0.3) is 0 Å². The van der Waals surface area contributed by atoms with Crippen molar-refractivity contribution in [2.75, 3.05) is 6.61 Å². The summed E-state index contributed by atoms with van der Waals surface area (Å²) >= 11 is 9.47. The summed E-state index contributed by atoms with van der Waals surface area (Å²) in [5.41, 5.74) is 0. The summed E-state index contributed by atoms with van der Waals surface area (Å²) in [6.07, 6.45) is 0.118. The van der Waals surface area contributed by atoms with Gasteiger partial charge in [-0.05, 0) is 55.8 Å². The van der Waals surface area contributed by atoms with E-state index >= 15 is 0 Å². The molecule has 1 atom stereocenters. The van der Waals surface area contributed by atoms with Crippen molar-refractivity contribution in [1.29, 1.82) is 0 Å². The van der Waals surface area contributed by atoms with E-state index in [-0.39, 0.29) is 5.97 Å². The Morgan fingerprint density at radius 3 is 2.46 bits per heavy atom. The van der Waals surface area contributed by atoms with Gasteiger partial charge in [-0.3, -0.25) is 0 Å². The normalized spacial score (nSPS) is 11.7. The quantitative estimate of drug-likeness (QED) is 0.553. The van der Waals surface area contributed by atoms with Gasteiger partial charge in [0, 0.05) is 4.47 Å². The fourth-order valence-corrected chi connectivity index (χ4v) is 2.56. The van der Waals surface area contributed by atoms with E-state index in [0.717, 1.165) is 10.9 Å². The first-order valence-corrected chi connectivity index (χ1v) is 8.73. The van der Waals surface area contributed by atoms with Crippen molar-refractivity contribution in [2.45, 2.75) is 26.4 Å². The molecule has 0 N–H and O–H groups in total. The molecule has 2 aromatic carbocycles. The fraction of sp³-hybridized carbons (Fsp3) is 0.278. The van der Waals surface area contributed by atoms with Crippen LogP contribution in [-0.2, 0) is 9.53 Å². The van der Waals surface area contributed by atoms with E-state index in [1.807, 2.05) is 13.0 Å². The molecule has 0 aliphatic rings. The molecule has 0 fully saturated rings. The molecule has 24 heavy (non-hydrogen) atoms. The van der Waals surface area contributed by atoms with E-state index < -0.39 is 6.10 Å². The van der Waals surface area contributed by atoms with Crippen molar-refractivity contribution in [3.05, 3.63) is 52.0 Å². The fourth-order valence-electron chi connectivity index (χ4n) is 1.84. The number of ether oxygens (including phenoxy) is 3. The van der Waals surface area contributed by atoms with Gasteiger partial charge in [0.1, 0.15) is 17.2 Å². The molecule has 0 radical (unpaired) electrons. The molecule has 128 valence electrons. The van der Waals surface area contributed by atoms with Gasteiger partial charge in [-0.25, -0.2) is 4.79 Å². The lowest BCUT2D eigenvalue weighted by atomic mass is 10.3. The van der Waals surface area contributed by atoms with Crippen LogP contribution in [-0.4, -0.2) is 18.7 Å². The molecule has 0 aliphatic heterocycles. The predicted octanol–water partition coefficient (Wildman–Crippen LogP) is 5.62. The average molecular weight is 414 g/mol. The number of hydrogen-bond acceptors (Lipinski definition) is 4. The van der Waals surface area contributed by atoms with Crippen LogP contribution in [0, 0.1) is 0 Å². The van der Waals surface area contributed by atoms with Gasteiger partial charge in [0.25, 0.3) is 0 Å². The minimum absolute atomic E-state index is 0.376. The maximum absolute atomic E-state index is 11.7. The Morgan fingerprint density at radius 1 is 1.17 bits per heavy atom. The second kappa shape index (κ2) is 8.94.